The number of nitrogens with zero attached hydrogens (tertiary/aromatic N) is 2. The lowest BCUT2D eigenvalue weighted by atomic mass is 10.0. The first kappa shape index (κ1) is 16.8. The van der Waals surface area contributed by atoms with Crippen LogP contribution in [0.3, 0.4) is 0 Å². The molecule has 0 spiro atoms. The second kappa shape index (κ2) is 6.56. The van der Waals surface area contributed by atoms with Crippen molar-refractivity contribution in [1.82, 2.24) is 15.3 Å². The molecule has 2 aromatic carbocycles. The number of hydrogen-bond donors (Lipinski definition) is 5. The van der Waals surface area contributed by atoms with E-state index in [1.807, 2.05) is 30.5 Å². The topological polar surface area (TPSA) is 127 Å². The number of aromatic hydroxyl groups is 1. The number of para-hydroxylation sites is 2. The second-order valence-corrected chi connectivity index (χ2v) is 6.39. The van der Waals surface area contributed by atoms with Crippen LogP contribution in [0.2, 0.25) is 0 Å². The van der Waals surface area contributed by atoms with Gasteiger partial charge in [0.25, 0.3) is 0 Å². The lowest BCUT2D eigenvalue weighted by Gasteiger charge is -2.31. The number of phenols is 1. The molecule has 1 aliphatic rings. The maximum absolute atomic E-state index is 12.1. The Morgan fingerprint density at radius 1 is 1.22 bits per heavy atom. The molecule has 0 amide bonds. The van der Waals surface area contributed by atoms with Gasteiger partial charge in [-0.15, -0.1) is 5.10 Å². The summed E-state index contributed by atoms with van der Waals surface area (Å²) in [5.74, 6) is -0.917. The largest absolute Gasteiger partial charge is 0.508 e. The minimum absolute atomic E-state index is 0.0427. The van der Waals surface area contributed by atoms with Crippen LogP contribution in [0.15, 0.2) is 59.8 Å². The Balaban J connectivity index is 1.71. The van der Waals surface area contributed by atoms with Gasteiger partial charge in [-0.25, -0.2) is 4.79 Å². The zero-order chi connectivity index (χ0) is 19.0. The molecule has 138 valence electrons. The third-order valence-corrected chi connectivity index (χ3v) is 4.78. The smallest absolute Gasteiger partial charge is 0.326 e. The first-order chi connectivity index (χ1) is 13.1. The van der Waals surface area contributed by atoms with Crippen molar-refractivity contribution in [3.63, 3.8) is 0 Å². The SMILES string of the molecule is NC1=NNC(c2ccccc2O)N1C(Cc1c[nH]c2ccccc12)C(=O)O. The van der Waals surface area contributed by atoms with Crippen LogP contribution in [0.25, 0.3) is 10.9 Å². The van der Waals surface area contributed by atoms with E-state index in [1.165, 1.54) is 4.90 Å². The van der Waals surface area contributed by atoms with Crippen LogP contribution in [0.4, 0.5) is 0 Å². The van der Waals surface area contributed by atoms with Gasteiger partial charge in [0.1, 0.15) is 18.0 Å². The molecule has 0 radical (unpaired) electrons. The molecular formula is C19H19N5O3. The summed E-state index contributed by atoms with van der Waals surface area (Å²) in [6.07, 6.45) is 1.37. The molecule has 4 rings (SSSR count). The van der Waals surface area contributed by atoms with Crippen molar-refractivity contribution in [2.75, 3.05) is 0 Å². The molecule has 1 aromatic heterocycles. The number of fused-ring (bicyclic) bond motifs is 1. The number of carboxylic acid groups (broad SMARTS) is 1. The molecular weight excluding hydrogens is 346 g/mol. The number of benzene rings is 2. The fraction of sp³-hybridized carbons (Fsp3) is 0.158. The van der Waals surface area contributed by atoms with E-state index >= 15 is 0 Å². The van der Waals surface area contributed by atoms with Crippen molar-refractivity contribution < 1.29 is 15.0 Å². The van der Waals surface area contributed by atoms with Crippen molar-refractivity contribution in [3.8, 4) is 5.75 Å². The standard InChI is InChI=1S/C19H19N5O3/c20-19-23-22-17(13-6-2-4-8-16(13)25)24(19)15(18(26)27)9-11-10-21-14-7-3-1-5-12(11)14/h1-8,10,15,17,21-22,25H,9H2,(H2,20,23)(H,26,27). The molecule has 0 saturated heterocycles. The van der Waals surface area contributed by atoms with E-state index < -0.39 is 18.2 Å². The average Bonchev–Trinajstić information content (AvgIpc) is 3.24. The van der Waals surface area contributed by atoms with Crippen LogP contribution in [0, 0.1) is 0 Å². The number of hydrogen-bond acceptors (Lipinski definition) is 6. The number of carboxylic acids is 1. The molecule has 0 fully saturated rings. The Morgan fingerprint density at radius 2 is 1.96 bits per heavy atom. The lowest BCUT2D eigenvalue weighted by molar-refractivity contribution is -0.142. The monoisotopic (exact) mass is 365 g/mol. The van der Waals surface area contributed by atoms with Gasteiger partial charge < -0.3 is 25.8 Å². The summed E-state index contributed by atoms with van der Waals surface area (Å²) in [5, 5.41) is 25.0. The van der Waals surface area contributed by atoms with Gasteiger partial charge in [-0.05, 0) is 17.7 Å². The van der Waals surface area contributed by atoms with Gasteiger partial charge in [0.2, 0.25) is 5.96 Å². The summed E-state index contributed by atoms with van der Waals surface area (Å²) in [7, 11) is 0. The third-order valence-electron chi connectivity index (χ3n) is 4.78. The summed E-state index contributed by atoms with van der Waals surface area (Å²) < 4.78 is 0. The summed E-state index contributed by atoms with van der Waals surface area (Å²) in [4.78, 5) is 16.7. The highest BCUT2D eigenvalue weighted by atomic mass is 16.4. The lowest BCUT2D eigenvalue weighted by Crippen LogP contribution is -2.49. The number of hydrazone groups is 1. The number of aromatic amines is 1. The maximum atomic E-state index is 12.1. The summed E-state index contributed by atoms with van der Waals surface area (Å²) in [5.41, 5.74) is 11.1. The Hall–Kier alpha value is -3.68. The Bertz CT molecular complexity index is 1030. The maximum Gasteiger partial charge on any atom is 0.326 e. The number of aliphatic carboxylic acids is 1. The summed E-state index contributed by atoms with van der Waals surface area (Å²) >= 11 is 0. The number of H-pyrrole nitrogens is 1. The van der Waals surface area contributed by atoms with Gasteiger partial charge >= 0.3 is 5.97 Å². The van der Waals surface area contributed by atoms with Crippen molar-refractivity contribution in [1.29, 1.82) is 0 Å². The fourth-order valence-corrected chi connectivity index (χ4v) is 3.47. The van der Waals surface area contributed by atoms with Crippen LogP contribution in [0.5, 0.6) is 5.75 Å². The summed E-state index contributed by atoms with van der Waals surface area (Å²) in [6.45, 7) is 0. The molecule has 0 aliphatic carbocycles. The number of phenolic OH excluding ortho intramolecular Hbond substituents is 1. The zero-order valence-corrected chi connectivity index (χ0v) is 14.3. The van der Waals surface area contributed by atoms with Crippen LogP contribution < -0.4 is 11.2 Å². The van der Waals surface area contributed by atoms with Crippen molar-refractivity contribution in [2.45, 2.75) is 18.6 Å². The average molecular weight is 365 g/mol. The van der Waals surface area contributed by atoms with Gasteiger partial charge in [0, 0.05) is 29.1 Å². The van der Waals surface area contributed by atoms with E-state index in [-0.39, 0.29) is 18.1 Å². The Labute approximate surface area is 154 Å². The van der Waals surface area contributed by atoms with Gasteiger partial charge in [-0.2, -0.15) is 0 Å². The minimum atomic E-state index is -1.03. The van der Waals surface area contributed by atoms with E-state index in [0.29, 0.717) is 5.56 Å². The highest BCUT2D eigenvalue weighted by Gasteiger charge is 2.38. The van der Waals surface area contributed by atoms with Crippen molar-refractivity contribution >= 4 is 22.8 Å². The molecule has 8 heteroatoms. The Morgan fingerprint density at radius 3 is 2.74 bits per heavy atom. The van der Waals surface area contributed by atoms with Crippen molar-refractivity contribution in [3.05, 3.63) is 65.9 Å². The molecule has 0 saturated carbocycles. The molecule has 2 atom stereocenters. The highest BCUT2D eigenvalue weighted by molar-refractivity contribution is 5.88. The van der Waals surface area contributed by atoms with Crippen LogP contribution in [0.1, 0.15) is 17.3 Å². The van der Waals surface area contributed by atoms with E-state index in [0.717, 1.165) is 16.5 Å². The number of nitrogens with one attached hydrogen (secondary N) is 2. The van der Waals surface area contributed by atoms with Gasteiger partial charge in [0.05, 0.1) is 0 Å². The van der Waals surface area contributed by atoms with Crippen LogP contribution in [-0.2, 0) is 11.2 Å². The van der Waals surface area contributed by atoms with Gasteiger partial charge in [-0.1, -0.05) is 36.4 Å². The fourth-order valence-electron chi connectivity index (χ4n) is 3.47. The van der Waals surface area contributed by atoms with E-state index in [9.17, 15) is 15.0 Å². The highest BCUT2D eigenvalue weighted by Crippen LogP contribution is 2.32. The number of guanidine groups is 1. The minimum Gasteiger partial charge on any atom is -0.508 e. The third kappa shape index (κ3) is 2.91. The van der Waals surface area contributed by atoms with Gasteiger partial charge in [-0.3, -0.25) is 5.43 Å². The van der Waals surface area contributed by atoms with Crippen LogP contribution in [-0.4, -0.2) is 38.1 Å². The molecule has 27 heavy (non-hydrogen) atoms. The number of aromatic nitrogens is 1. The normalized spacial score (nSPS) is 17.6. The number of rotatable bonds is 5. The first-order valence-electron chi connectivity index (χ1n) is 8.49. The quantitative estimate of drug-likeness (QED) is 0.468. The zero-order valence-electron chi connectivity index (χ0n) is 14.3. The second-order valence-electron chi connectivity index (χ2n) is 6.39. The predicted octanol–water partition coefficient (Wildman–Crippen LogP) is 1.70. The predicted molar refractivity (Wildman–Crippen MR) is 101 cm³/mol. The van der Waals surface area contributed by atoms with Crippen LogP contribution >= 0.6 is 0 Å². The van der Waals surface area contributed by atoms with E-state index in [1.54, 1.807) is 24.3 Å². The first-order valence-corrected chi connectivity index (χ1v) is 8.49. The van der Waals surface area contributed by atoms with Crippen molar-refractivity contribution in [2.24, 2.45) is 10.8 Å². The summed E-state index contributed by atoms with van der Waals surface area (Å²) in [6, 6.07) is 13.5. The molecule has 2 heterocycles. The molecule has 8 nitrogen and oxygen atoms in total. The van der Waals surface area contributed by atoms with E-state index in [4.69, 9.17) is 5.73 Å². The molecule has 0 bridgehead atoms. The molecule has 3 aromatic rings. The molecule has 2 unspecified atom stereocenters. The molecule has 1 aliphatic heterocycles. The molecule has 6 N–H and O–H groups in total. The van der Waals surface area contributed by atoms with Gasteiger partial charge in [0.15, 0.2) is 0 Å². The van der Waals surface area contributed by atoms with E-state index in [2.05, 4.69) is 15.5 Å². The number of carbonyl (C=O) groups is 1. The Kier molecular flexibility index (Phi) is 4.08. The number of nitrogens with two attached hydrogens (primary N) is 1.